The second-order valence-corrected chi connectivity index (χ2v) is 5.53. The molecule has 0 aromatic rings. The number of urea groups is 1. The molecule has 0 heterocycles. The van der Waals surface area contributed by atoms with Crippen LogP contribution in [0.5, 0.6) is 0 Å². The highest BCUT2D eigenvalue weighted by Crippen LogP contribution is 2.30. The van der Waals surface area contributed by atoms with Crippen LogP contribution in [0, 0.1) is 5.92 Å². The predicted molar refractivity (Wildman–Crippen MR) is 75.8 cm³/mol. The van der Waals surface area contributed by atoms with Crippen LogP contribution in [0.4, 0.5) is 4.79 Å². The molecule has 0 aliphatic heterocycles. The molecule has 0 saturated heterocycles. The van der Waals surface area contributed by atoms with Crippen LogP contribution in [0.3, 0.4) is 0 Å². The van der Waals surface area contributed by atoms with Crippen LogP contribution in [0.15, 0.2) is 0 Å². The van der Waals surface area contributed by atoms with Gasteiger partial charge in [0.2, 0.25) is 0 Å². The maximum atomic E-state index is 12.5. The number of amides is 2. The van der Waals surface area contributed by atoms with Gasteiger partial charge in [-0.05, 0) is 39.5 Å². The van der Waals surface area contributed by atoms with Crippen molar-refractivity contribution in [3.8, 4) is 0 Å². The topological polar surface area (TPSA) is 87.2 Å². The SMILES string of the molecule is CCOC(=O)CN(C(=O)N(CC(=O)O)CC1CC1)C(C)C. The Labute approximate surface area is 124 Å². The molecule has 1 N–H and O–H groups in total. The molecule has 2 amide bonds. The van der Waals surface area contributed by atoms with Gasteiger partial charge in [-0.15, -0.1) is 0 Å². The Balaban J connectivity index is 2.73. The van der Waals surface area contributed by atoms with Gasteiger partial charge in [-0.3, -0.25) is 9.59 Å². The number of carboxylic acid groups (broad SMARTS) is 1. The highest BCUT2D eigenvalue weighted by Gasteiger charge is 2.32. The summed E-state index contributed by atoms with van der Waals surface area (Å²) in [7, 11) is 0. The quantitative estimate of drug-likeness (QED) is 0.680. The number of rotatable bonds is 8. The Morgan fingerprint density at radius 2 is 1.86 bits per heavy atom. The van der Waals surface area contributed by atoms with E-state index in [2.05, 4.69) is 0 Å². The zero-order chi connectivity index (χ0) is 16.0. The largest absolute Gasteiger partial charge is 0.480 e. The molecule has 0 unspecified atom stereocenters. The van der Waals surface area contributed by atoms with Gasteiger partial charge < -0.3 is 19.6 Å². The molecule has 0 aromatic heterocycles. The average molecular weight is 300 g/mol. The minimum Gasteiger partial charge on any atom is -0.480 e. The van der Waals surface area contributed by atoms with E-state index < -0.39 is 18.0 Å². The summed E-state index contributed by atoms with van der Waals surface area (Å²) in [6, 6.07) is -0.634. The second-order valence-electron chi connectivity index (χ2n) is 5.53. The van der Waals surface area contributed by atoms with Crippen LogP contribution in [0.2, 0.25) is 0 Å². The molecule has 0 atom stereocenters. The molecule has 1 saturated carbocycles. The molecule has 0 radical (unpaired) electrons. The van der Waals surface area contributed by atoms with Crippen LogP contribution in [-0.4, -0.2) is 65.2 Å². The van der Waals surface area contributed by atoms with Crippen molar-refractivity contribution >= 4 is 18.0 Å². The Morgan fingerprint density at radius 1 is 1.24 bits per heavy atom. The number of carboxylic acids is 1. The van der Waals surface area contributed by atoms with Crippen molar-refractivity contribution in [1.29, 1.82) is 0 Å². The van der Waals surface area contributed by atoms with Crippen molar-refractivity contribution < 1.29 is 24.2 Å². The number of ether oxygens (including phenoxy) is 1. The number of carbonyl (C=O) groups excluding carboxylic acids is 2. The molecule has 21 heavy (non-hydrogen) atoms. The van der Waals surface area contributed by atoms with Crippen molar-refractivity contribution in [2.45, 2.75) is 39.7 Å². The van der Waals surface area contributed by atoms with Gasteiger partial charge in [-0.25, -0.2) is 4.79 Å². The molecule has 1 aliphatic carbocycles. The van der Waals surface area contributed by atoms with E-state index in [1.54, 1.807) is 20.8 Å². The summed E-state index contributed by atoms with van der Waals surface area (Å²) in [6.07, 6.45) is 2.03. The molecule has 7 nitrogen and oxygen atoms in total. The van der Waals surface area contributed by atoms with Gasteiger partial charge in [0.25, 0.3) is 0 Å². The number of aliphatic carboxylic acids is 1. The monoisotopic (exact) mass is 300 g/mol. The maximum absolute atomic E-state index is 12.5. The van der Waals surface area contributed by atoms with Crippen molar-refractivity contribution in [1.82, 2.24) is 9.80 Å². The van der Waals surface area contributed by atoms with Crippen LogP contribution in [0.1, 0.15) is 33.6 Å². The molecular formula is C14H24N2O5. The van der Waals surface area contributed by atoms with Crippen molar-refractivity contribution in [3.63, 3.8) is 0 Å². The molecule has 0 bridgehead atoms. The molecular weight excluding hydrogens is 276 g/mol. The summed E-state index contributed by atoms with van der Waals surface area (Å²) < 4.78 is 4.86. The van der Waals surface area contributed by atoms with E-state index in [9.17, 15) is 14.4 Å². The lowest BCUT2D eigenvalue weighted by atomic mass is 10.3. The highest BCUT2D eigenvalue weighted by molar-refractivity contribution is 5.84. The summed E-state index contributed by atoms with van der Waals surface area (Å²) >= 11 is 0. The number of carbonyl (C=O) groups is 3. The Bertz CT molecular complexity index is 393. The lowest BCUT2D eigenvalue weighted by Crippen LogP contribution is -2.50. The fourth-order valence-corrected chi connectivity index (χ4v) is 1.98. The van der Waals surface area contributed by atoms with Gasteiger partial charge in [0.1, 0.15) is 13.1 Å². The molecule has 1 aliphatic rings. The lowest BCUT2D eigenvalue weighted by Gasteiger charge is -2.31. The first-order valence-electron chi connectivity index (χ1n) is 7.28. The van der Waals surface area contributed by atoms with E-state index in [0.717, 1.165) is 12.8 Å². The van der Waals surface area contributed by atoms with Crippen molar-refractivity contribution in [2.75, 3.05) is 26.2 Å². The van der Waals surface area contributed by atoms with Gasteiger partial charge in [0, 0.05) is 12.6 Å². The van der Waals surface area contributed by atoms with E-state index in [0.29, 0.717) is 12.5 Å². The Morgan fingerprint density at radius 3 is 2.29 bits per heavy atom. The van der Waals surface area contributed by atoms with Crippen molar-refractivity contribution in [2.24, 2.45) is 5.92 Å². The molecule has 0 aromatic carbocycles. The van der Waals surface area contributed by atoms with Crippen LogP contribution in [-0.2, 0) is 14.3 Å². The number of nitrogens with zero attached hydrogens (tertiary/aromatic N) is 2. The van der Waals surface area contributed by atoms with Crippen LogP contribution < -0.4 is 0 Å². The molecule has 1 fully saturated rings. The molecule has 0 spiro atoms. The summed E-state index contributed by atoms with van der Waals surface area (Å²) in [6.45, 7) is 5.44. The minimum atomic E-state index is -1.05. The fourth-order valence-electron chi connectivity index (χ4n) is 1.98. The first-order valence-corrected chi connectivity index (χ1v) is 7.28. The van der Waals surface area contributed by atoms with E-state index >= 15 is 0 Å². The number of esters is 1. The van der Waals surface area contributed by atoms with Gasteiger partial charge in [0.15, 0.2) is 0 Å². The van der Waals surface area contributed by atoms with E-state index in [-0.39, 0.29) is 25.7 Å². The fraction of sp³-hybridized carbons (Fsp3) is 0.786. The van der Waals surface area contributed by atoms with Gasteiger partial charge in [-0.2, -0.15) is 0 Å². The normalized spacial score (nSPS) is 13.9. The van der Waals surface area contributed by atoms with Gasteiger partial charge in [-0.1, -0.05) is 0 Å². The molecule has 1 rings (SSSR count). The minimum absolute atomic E-state index is 0.162. The van der Waals surface area contributed by atoms with Crippen LogP contribution >= 0.6 is 0 Å². The zero-order valence-electron chi connectivity index (χ0n) is 12.9. The Hall–Kier alpha value is -1.79. The van der Waals surface area contributed by atoms with E-state index in [1.165, 1.54) is 9.80 Å². The second kappa shape index (κ2) is 7.85. The van der Waals surface area contributed by atoms with E-state index in [4.69, 9.17) is 9.84 Å². The molecule has 7 heteroatoms. The summed E-state index contributed by atoms with van der Waals surface area (Å²) in [5.41, 5.74) is 0. The smallest absolute Gasteiger partial charge is 0.325 e. The highest BCUT2D eigenvalue weighted by atomic mass is 16.5. The first kappa shape index (κ1) is 17.3. The standard InChI is InChI=1S/C14H24N2O5/c1-4-21-13(19)9-16(10(2)3)14(20)15(8-12(17)18)7-11-5-6-11/h10-11H,4-9H2,1-3H3,(H,17,18). The summed E-state index contributed by atoms with van der Waals surface area (Å²) in [5, 5.41) is 8.95. The average Bonchev–Trinajstić information content (AvgIpc) is 3.17. The third kappa shape index (κ3) is 6.01. The van der Waals surface area contributed by atoms with Crippen molar-refractivity contribution in [3.05, 3.63) is 0 Å². The first-order chi connectivity index (χ1) is 9.85. The Kier molecular flexibility index (Phi) is 6.45. The van der Waals surface area contributed by atoms with Crippen LogP contribution in [0.25, 0.3) is 0 Å². The molecule has 120 valence electrons. The summed E-state index contributed by atoms with van der Waals surface area (Å²) in [5.74, 6) is -1.16. The third-order valence-corrected chi connectivity index (χ3v) is 3.25. The van der Waals surface area contributed by atoms with E-state index in [1.807, 2.05) is 0 Å². The summed E-state index contributed by atoms with van der Waals surface area (Å²) in [4.78, 5) is 37.7. The number of hydrogen-bond donors (Lipinski definition) is 1. The lowest BCUT2D eigenvalue weighted by molar-refractivity contribution is -0.144. The number of hydrogen-bond acceptors (Lipinski definition) is 4. The third-order valence-electron chi connectivity index (χ3n) is 3.25. The van der Waals surface area contributed by atoms with Gasteiger partial charge >= 0.3 is 18.0 Å². The maximum Gasteiger partial charge on any atom is 0.325 e. The predicted octanol–water partition coefficient (Wildman–Crippen LogP) is 1.18. The van der Waals surface area contributed by atoms with Gasteiger partial charge in [0.05, 0.1) is 6.61 Å². The zero-order valence-corrected chi connectivity index (χ0v) is 12.9.